The molecular formula is C6H10BrClO. The van der Waals surface area contributed by atoms with Gasteiger partial charge >= 0.3 is 0 Å². The van der Waals surface area contributed by atoms with Crippen LogP contribution in [0.5, 0.6) is 0 Å². The molecule has 1 aliphatic rings. The van der Waals surface area contributed by atoms with Crippen molar-refractivity contribution < 1.29 is 4.74 Å². The number of hydrogen-bond donors (Lipinski definition) is 0. The van der Waals surface area contributed by atoms with E-state index in [0.29, 0.717) is 5.88 Å². The van der Waals surface area contributed by atoms with Crippen molar-refractivity contribution >= 4 is 27.5 Å². The van der Waals surface area contributed by atoms with Crippen LogP contribution in [0.3, 0.4) is 0 Å². The first kappa shape index (κ1) is 7.83. The summed E-state index contributed by atoms with van der Waals surface area (Å²) in [4.78, 5) is 0. The largest absolute Gasteiger partial charge is 0.381 e. The Bertz CT molecular complexity index is 85.1. The van der Waals surface area contributed by atoms with Gasteiger partial charge in [0.2, 0.25) is 0 Å². The van der Waals surface area contributed by atoms with Gasteiger partial charge in [0, 0.05) is 23.2 Å². The van der Waals surface area contributed by atoms with E-state index in [1.807, 2.05) is 0 Å². The van der Waals surface area contributed by atoms with Crippen molar-refractivity contribution in [3.63, 3.8) is 0 Å². The van der Waals surface area contributed by atoms with Gasteiger partial charge in [-0.15, -0.1) is 11.6 Å². The number of alkyl halides is 2. The molecule has 3 heteroatoms. The first-order valence-corrected chi connectivity index (χ1v) is 4.68. The van der Waals surface area contributed by atoms with E-state index < -0.39 is 0 Å². The zero-order chi connectivity index (χ0) is 6.74. The molecule has 0 spiro atoms. The number of halogens is 2. The van der Waals surface area contributed by atoms with Crippen LogP contribution in [0.1, 0.15) is 6.42 Å². The number of ether oxygens (including phenoxy) is 1. The second-order valence-electron chi connectivity index (χ2n) is 2.57. The zero-order valence-electron chi connectivity index (χ0n) is 5.20. The highest BCUT2D eigenvalue weighted by atomic mass is 79.9. The zero-order valence-corrected chi connectivity index (χ0v) is 7.54. The molecular weight excluding hydrogens is 203 g/mol. The molecule has 9 heavy (non-hydrogen) atoms. The quantitative estimate of drug-likeness (QED) is 0.638. The lowest BCUT2D eigenvalue weighted by atomic mass is 9.93. The summed E-state index contributed by atoms with van der Waals surface area (Å²) in [5.41, 5.74) is 0.238. The molecule has 0 saturated carbocycles. The third-order valence-electron chi connectivity index (χ3n) is 1.75. The fraction of sp³-hybridized carbons (Fsp3) is 1.00. The van der Waals surface area contributed by atoms with E-state index in [9.17, 15) is 0 Å². The van der Waals surface area contributed by atoms with E-state index in [2.05, 4.69) is 15.9 Å². The molecule has 1 heterocycles. The summed E-state index contributed by atoms with van der Waals surface area (Å²) in [5.74, 6) is 0.707. The molecule has 0 aromatic heterocycles. The van der Waals surface area contributed by atoms with Gasteiger partial charge in [-0.25, -0.2) is 0 Å². The summed E-state index contributed by atoms with van der Waals surface area (Å²) in [7, 11) is 0. The third-order valence-corrected chi connectivity index (χ3v) is 3.51. The van der Waals surface area contributed by atoms with E-state index >= 15 is 0 Å². The van der Waals surface area contributed by atoms with Crippen LogP contribution < -0.4 is 0 Å². The molecule has 0 amide bonds. The van der Waals surface area contributed by atoms with Crippen LogP contribution in [0.15, 0.2) is 0 Å². The highest BCUT2D eigenvalue weighted by Gasteiger charge is 2.32. The molecule has 1 rings (SSSR count). The average molecular weight is 214 g/mol. The van der Waals surface area contributed by atoms with Crippen molar-refractivity contribution in [1.82, 2.24) is 0 Å². The van der Waals surface area contributed by atoms with Crippen molar-refractivity contribution in [3.8, 4) is 0 Å². The summed E-state index contributed by atoms with van der Waals surface area (Å²) in [6, 6.07) is 0. The van der Waals surface area contributed by atoms with E-state index in [1.54, 1.807) is 0 Å². The minimum atomic E-state index is 0.238. The fourth-order valence-corrected chi connectivity index (χ4v) is 2.07. The molecule has 1 fully saturated rings. The summed E-state index contributed by atoms with van der Waals surface area (Å²) in [6.07, 6.45) is 1.10. The van der Waals surface area contributed by atoms with Gasteiger partial charge in [-0.2, -0.15) is 0 Å². The lowest BCUT2D eigenvalue weighted by Crippen LogP contribution is -2.24. The Hall–Kier alpha value is 0.730. The van der Waals surface area contributed by atoms with Crippen LogP contribution in [0.2, 0.25) is 0 Å². The Morgan fingerprint density at radius 3 is 2.67 bits per heavy atom. The molecule has 1 atom stereocenters. The summed E-state index contributed by atoms with van der Waals surface area (Å²) < 4.78 is 5.23. The number of rotatable bonds is 2. The first-order chi connectivity index (χ1) is 4.33. The molecule has 1 unspecified atom stereocenters. The van der Waals surface area contributed by atoms with Gasteiger partial charge in [-0.3, -0.25) is 0 Å². The maximum absolute atomic E-state index is 5.75. The summed E-state index contributed by atoms with van der Waals surface area (Å²) in [5, 5.41) is 0.962. The minimum absolute atomic E-state index is 0.238. The average Bonchev–Trinajstić information content (AvgIpc) is 2.36. The molecule has 1 aliphatic heterocycles. The third kappa shape index (κ3) is 1.60. The van der Waals surface area contributed by atoms with E-state index in [4.69, 9.17) is 16.3 Å². The van der Waals surface area contributed by atoms with E-state index in [1.165, 1.54) is 0 Å². The van der Waals surface area contributed by atoms with Gasteiger partial charge in [0.1, 0.15) is 0 Å². The van der Waals surface area contributed by atoms with Gasteiger partial charge in [-0.05, 0) is 6.42 Å². The molecule has 0 aromatic carbocycles. The molecule has 1 nitrogen and oxygen atoms in total. The second-order valence-corrected chi connectivity index (χ2v) is 3.40. The highest BCUT2D eigenvalue weighted by molar-refractivity contribution is 9.09. The van der Waals surface area contributed by atoms with E-state index in [0.717, 1.165) is 25.0 Å². The van der Waals surface area contributed by atoms with Crippen LogP contribution in [0.25, 0.3) is 0 Å². The lowest BCUT2D eigenvalue weighted by Gasteiger charge is -2.20. The second kappa shape index (κ2) is 3.22. The normalized spacial score (nSPS) is 35.3. The topological polar surface area (TPSA) is 9.23 Å². The molecule has 0 N–H and O–H groups in total. The smallest absolute Gasteiger partial charge is 0.0542 e. The van der Waals surface area contributed by atoms with Crippen molar-refractivity contribution in [1.29, 1.82) is 0 Å². The number of hydrogen-bond acceptors (Lipinski definition) is 1. The lowest BCUT2D eigenvalue weighted by molar-refractivity contribution is 0.169. The van der Waals surface area contributed by atoms with Crippen LogP contribution in [0, 0.1) is 5.41 Å². The fourth-order valence-electron chi connectivity index (χ4n) is 0.896. The minimum Gasteiger partial charge on any atom is -0.381 e. The van der Waals surface area contributed by atoms with Crippen LogP contribution in [0.4, 0.5) is 0 Å². The predicted molar refractivity (Wildman–Crippen MR) is 42.4 cm³/mol. The molecule has 0 aliphatic carbocycles. The van der Waals surface area contributed by atoms with Gasteiger partial charge in [0.05, 0.1) is 6.61 Å². The van der Waals surface area contributed by atoms with Gasteiger partial charge < -0.3 is 4.74 Å². The van der Waals surface area contributed by atoms with Crippen LogP contribution in [-0.2, 0) is 4.74 Å². The summed E-state index contributed by atoms with van der Waals surface area (Å²) >= 11 is 9.18. The van der Waals surface area contributed by atoms with Crippen LogP contribution in [-0.4, -0.2) is 24.4 Å². The van der Waals surface area contributed by atoms with Crippen molar-refractivity contribution in [2.45, 2.75) is 6.42 Å². The summed E-state index contributed by atoms with van der Waals surface area (Å²) in [6.45, 7) is 1.69. The standard InChI is InChI=1S/C6H10BrClO/c7-3-6(4-8)1-2-9-5-6/h1-5H2. The Labute approximate surface area is 68.8 Å². The SMILES string of the molecule is ClCC1(CBr)CCOC1. The van der Waals surface area contributed by atoms with Crippen molar-refractivity contribution in [2.75, 3.05) is 24.4 Å². The highest BCUT2D eigenvalue weighted by Crippen LogP contribution is 2.31. The van der Waals surface area contributed by atoms with E-state index in [-0.39, 0.29) is 5.41 Å². The van der Waals surface area contributed by atoms with Crippen molar-refractivity contribution in [3.05, 3.63) is 0 Å². The Morgan fingerprint density at radius 1 is 1.67 bits per heavy atom. The van der Waals surface area contributed by atoms with Gasteiger partial charge in [0.25, 0.3) is 0 Å². The van der Waals surface area contributed by atoms with Gasteiger partial charge in [-0.1, -0.05) is 15.9 Å². The predicted octanol–water partition coefficient (Wildman–Crippen LogP) is 2.03. The molecule has 54 valence electrons. The first-order valence-electron chi connectivity index (χ1n) is 3.03. The molecule has 0 radical (unpaired) electrons. The Morgan fingerprint density at radius 2 is 2.44 bits per heavy atom. The molecule has 0 aromatic rings. The molecule has 1 saturated heterocycles. The Balaban J connectivity index is 2.45. The monoisotopic (exact) mass is 212 g/mol. The van der Waals surface area contributed by atoms with Gasteiger partial charge in [0.15, 0.2) is 0 Å². The van der Waals surface area contributed by atoms with Crippen molar-refractivity contribution in [2.24, 2.45) is 5.41 Å². The maximum atomic E-state index is 5.75. The Kier molecular flexibility index (Phi) is 2.80. The maximum Gasteiger partial charge on any atom is 0.0542 e. The molecule has 0 bridgehead atoms. The van der Waals surface area contributed by atoms with Crippen LogP contribution >= 0.6 is 27.5 Å².